The number of rotatable bonds is 13. The maximum absolute atomic E-state index is 13.1. The third-order valence-corrected chi connectivity index (χ3v) is 6.86. The molecule has 0 bridgehead atoms. The van der Waals surface area contributed by atoms with Crippen LogP contribution in [-0.4, -0.2) is 65.1 Å². The van der Waals surface area contributed by atoms with E-state index in [1.807, 2.05) is 0 Å². The third kappa shape index (κ3) is 9.20. The number of guanidine groups is 1. The summed E-state index contributed by atoms with van der Waals surface area (Å²) in [7, 11) is -4.14. The van der Waals surface area contributed by atoms with Gasteiger partial charge in [0, 0.05) is 6.54 Å². The van der Waals surface area contributed by atoms with Crippen molar-refractivity contribution >= 4 is 39.6 Å². The number of carboxylic acids is 2. The lowest BCUT2D eigenvalue weighted by Gasteiger charge is -2.28. The number of sulfonamides is 1. The highest BCUT2D eigenvalue weighted by Crippen LogP contribution is 2.20. The summed E-state index contributed by atoms with van der Waals surface area (Å²) in [5.41, 5.74) is 11.9. The van der Waals surface area contributed by atoms with Gasteiger partial charge in [-0.3, -0.25) is 9.59 Å². The van der Waals surface area contributed by atoms with Gasteiger partial charge in [-0.2, -0.15) is 4.31 Å². The molecule has 0 aromatic heterocycles. The van der Waals surface area contributed by atoms with Crippen LogP contribution in [0, 0.1) is 5.92 Å². The standard InChI is InChI=1S/C24H30N4O8S/c1-15(2)14-28(20(22(31)32)13-21(29)30)37(34,35)11-10-16-4-3-5-19(12-16)36-23(33)17-6-8-18(9-7-17)27-24(25)26/h3-9,12,15,20H,10-11,13-14H2,1-2H3,(H,29,30)(H,31,32)(H4,25,26,27)/t20-/m0/s1. The van der Waals surface area contributed by atoms with Crippen molar-refractivity contribution in [1.82, 2.24) is 4.31 Å². The van der Waals surface area contributed by atoms with Gasteiger partial charge in [0.2, 0.25) is 10.0 Å². The number of hydrogen-bond acceptors (Lipinski definition) is 7. The Morgan fingerprint density at radius 1 is 1.05 bits per heavy atom. The van der Waals surface area contributed by atoms with Crippen LogP contribution in [0.15, 0.2) is 53.5 Å². The minimum Gasteiger partial charge on any atom is -0.481 e. The Morgan fingerprint density at radius 3 is 2.24 bits per heavy atom. The molecule has 13 heteroatoms. The summed E-state index contributed by atoms with van der Waals surface area (Å²) >= 11 is 0. The number of aliphatic imine (C=N–C) groups is 1. The predicted octanol–water partition coefficient (Wildman–Crippen LogP) is 1.57. The van der Waals surface area contributed by atoms with Crippen molar-refractivity contribution in [3.05, 3.63) is 59.7 Å². The number of aliphatic carboxylic acids is 2. The van der Waals surface area contributed by atoms with Gasteiger partial charge in [-0.15, -0.1) is 0 Å². The van der Waals surface area contributed by atoms with Crippen LogP contribution in [-0.2, 0) is 26.0 Å². The summed E-state index contributed by atoms with van der Waals surface area (Å²) in [6.45, 7) is 3.26. The van der Waals surface area contributed by atoms with Gasteiger partial charge in [-0.25, -0.2) is 18.2 Å². The number of esters is 1. The smallest absolute Gasteiger partial charge is 0.343 e. The molecule has 0 fully saturated rings. The molecule has 0 radical (unpaired) electrons. The molecule has 2 rings (SSSR count). The number of nitrogens with two attached hydrogens (primary N) is 2. The fourth-order valence-corrected chi connectivity index (χ4v) is 5.19. The lowest BCUT2D eigenvalue weighted by Crippen LogP contribution is -2.48. The lowest BCUT2D eigenvalue weighted by molar-refractivity contribution is -0.148. The van der Waals surface area contributed by atoms with Crippen molar-refractivity contribution in [2.24, 2.45) is 22.4 Å². The van der Waals surface area contributed by atoms with Crippen molar-refractivity contribution in [2.75, 3.05) is 12.3 Å². The van der Waals surface area contributed by atoms with Gasteiger partial charge >= 0.3 is 17.9 Å². The van der Waals surface area contributed by atoms with Crippen molar-refractivity contribution in [3.8, 4) is 5.75 Å². The third-order valence-electron chi connectivity index (χ3n) is 5.02. The minimum absolute atomic E-state index is 0.0189. The Hall–Kier alpha value is -3.97. The molecule has 0 heterocycles. The van der Waals surface area contributed by atoms with E-state index in [4.69, 9.17) is 21.3 Å². The number of carboxylic acid groups (broad SMARTS) is 2. The van der Waals surface area contributed by atoms with E-state index in [0.717, 1.165) is 4.31 Å². The minimum atomic E-state index is -4.14. The summed E-state index contributed by atoms with van der Waals surface area (Å²) < 4.78 is 32.3. The van der Waals surface area contributed by atoms with Crippen LogP contribution in [0.25, 0.3) is 0 Å². The van der Waals surface area contributed by atoms with Gasteiger partial charge in [0.15, 0.2) is 5.96 Å². The lowest BCUT2D eigenvalue weighted by atomic mass is 10.1. The van der Waals surface area contributed by atoms with E-state index in [9.17, 15) is 27.9 Å². The molecule has 37 heavy (non-hydrogen) atoms. The topological polar surface area (TPSA) is 203 Å². The SMILES string of the molecule is CC(C)CN([C@@H](CC(=O)O)C(=O)O)S(=O)(=O)CCc1cccc(OC(=O)c2ccc(N=C(N)N)cc2)c1. The normalized spacial score (nSPS) is 12.2. The first-order chi connectivity index (χ1) is 17.3. The number of carbonyl (C=O) groups excluding carboxylic acids is 1. The highest BCUT2D eigenvalue weighted by molar-refractivity contribution is 7.89. The van der Waals surface area contributed by atoms with Crippen LogP contribution < -0.4 is 16.2 Å². The zero-order valence-electron chi connectivity index (χ0n) is 20.4. The quantitative estimate of drug-likeness (QED) is 0.126. The first-order valence-corrected chi connectivity index (χ1v) is 12.8. The van der Waals surface area contributed by atoms with E-state index in [-0.39, 0.29) is 36.2 Å². The Labute approximate surface area is 214 Å². The van der Waals surface area contributed by atoms with Gasteiger partial charge in [0.25, 0.3) is 0 Å². The molecule has 0 saturated carbocycles. The fraction of sp³-hybridized carbons (Fsp3) is 0.333. The highest BCUT2D eigenvalue weighted by atomic mass is 32.2. The van der Waals surface area contributed by atoms with Gasteiger partial charge in [0.05, 0.1) is 23.4 Å². The summed E-state index contributed by atoms with van der Waals surface area (Å²) in [5, 5.41) is 18.6. The van der Waals surface area contributed by atoms with Crippen LogP contribution in [0.2, 0.25) is 0 Å². The molecule has 200 valence electrons. The van der Waals surface area contributed by atoms with Gasteiger partial charge in [0.1, 0.15) is 11.8 Å². The molecule has 0 aliphatic heterocycles. The zero-order chi connectivity index (χ0) is 27.8. The fourth-order valence-electron chi connectivity index (χ4n) is 3.39. The number of carbonyl (C=O) groups is 3. The van der Waals surface area contributed by atoms with Gasteiger partial charge in [-0.05, 0) is 54.3 Å². The average Bonchev–Trinajstić information content (AvgIpc) is 2.80. The zero-order valence-corrected chi connectivity index (χ0v) is 21.2. The van der Waals surface area contributed by atoms with E-state index in [1.54, 1.807) is 26.0 Å². The van der Waals surface area contributed by atoms with Crippen LogP contribution >= 0.6 is 0 Å². The van der Waals surface area contributed by atoms with E-state index in [0.29, 0.717) is 11.3 Å². The van der Waals surface area contributed by atoms with Gasteiger partial charge < -0.3 is 26.4 Å². The number of hydrogen-bond donors (Lipinski definition) is 4. The number of ether oxygens (including phenoxy) is 1. The number of nitrogens with zero attached hydrogens (tertiary/aromatic N) is 2. The van der Waals surface area contributed by atoms with Crippen LogP contribution in [0.4, 0.5) is 5.69 Å². The highest BCUT2D eigenvalue weighted by Gasteiger charge is 2.36. The Morgan fingerprint density at radius 2 is 1.70 bits per heavy atom. The largest absolute Gasteiger partial charge is 0.481 e. The maximum Gasteiger partial charge on any atom is 0.343 e. The molecule has 0 aliphatic rings. The van der Waals surface area contributed by atoms with E-state index >= 15 is 0 Å². The first kappa shape index (κ1) is 29.3. The van der Waals surface area contributed by atoms with Crippen molar-refractivity contribution in [2.45, 2.75) is 32.7 Å². The molecule has 0 saturated heterocycles. The summed E-state index contributed by atoms with van der Waals surface area (Å²) in [4.78, 5) is 39.2. The van der Waals surface area contributed by atoms with Crippen molar-refractivity contribution < 1.29 is 37.8 Å². The molecule has 2 aromatic rings. The molecule has 1 atom stereocenters. The molecule has 0 spiro atoms. The number of benzene rings is 2. The molecule has 12 nitrogen and oxygen atoms in total. The van der Waals surface area contributed by atoms with Crippen molar-refractivity contribution in [3.63, 3.8) is 0 Å². The van der Waals surface area contributed by atoms with Crippen LogP contribution in [0.5, 0.6) is 5.75 Å². The summed E-state index contributed by atoms with van der Waals surface area (Å²) in [5.74, 6) is -4.25. The Bertz CT molecular complexity index is 1260. The average molecular weight is 535 g/mol. The predicted molar refractivity (Wildman–Crippen MR) is 136 cm³/mol. The van der Waals surface area contributed by atoms with Crippen LogP contribution in [0.3, 0.4) is 0 Å². The summed E-state index contributed by atoms with van der Waals surface area (Å²) in [6.07, 6.45) is -0.880. The molecular formula is C24H30N4O8S. The molecule has 2 aromatic carbocycles. The second-order valence-corrected chi connectivity index (χ2v) is 10.6. The first-order valence-electron chi connectivity index (χ1n) is 11.2. The number of aryl methyl sites for hydroxylation is 1. The van der Waals surface area contributed by atoms with Crippen LogP contribution in [0.1, 0.15) is 36.2 Å². The van der Waals surface area contributed by atoms with Gasteiger partial charge in [-0.1, -0.05) is 26.0 Å². The maximum atomic E-state index is 13.1. The summed E-state index contributed by atoms with van der Waals surface area (Å²) in [6, 6.07) is 10.6. The Kier molecular flexibility index (Phi) is 10.1. The van der Waals surface area contributed by atoms with E-state index in [2.05, 4.69) is 4.99 Å². The van der Waals surface area contributed by atoms with Crippen molar-refractivity contribution in [1.29, 1.82) is 0 Å². The molecular weight excluding hydrogens is 504 g/mol. The molecule has 0 unspecified atom stereocenters. The van der Waals surface area contributed by atoms with E-state index in [1.165, 1.54) is 36.4 Å². The molecule has 0 aliphatic carbocycles. The van der Waals surface area contributed by atoms with E-state index < -0.39 is 46.1 Å². The second kappa shape index (κ2) is 12.8. The molecule has 0 amide bonds. The Balaban J connectivity index is 2.15. The monoisotopic (exact) mass is 534 g/mol. The molecule has 6 N–H and O–H groups in total. The second-order valence-electron chi connectivity index (χ2n) is 8.60.